The molecule has 1 amide bonds. The number of ether oxygens (including phenoxy) is 1. The number of amides is 1. The molecule has 4 rings (SSSR count). The van der Waals surface area contributed by atoms with Crippen molar-refractivity contribution >= 4 is 51.7 Å². The lowest BCUT2D eigenvalue weighted by Gasteiger charge is -2.11. The number of nitrogens with zero attached hydrogens (tertiary/aromatic N) is 1. The standard InChI is InChI=1S/C25H18Cl2N2O3/c1-15-5-4-6-17(11-15)28-24(30)14-32-25(31)20-13-23(19-10-9-16(26)12-21(19)27)29-22-8-3-2-7-18(20)22/h2-13H,14H2,1H3,(H,28,30). The number of nitrogens with one attached hydrogen (secondary N) is 1. The van der Waals surface area contributed by atoms with Crippen LogP contribution in [0.1, 0.15) is 15.9 Å². The van der Waals surface area contributed by atoms with Crippen LogP contribution in [0, 0.1) is 6.92 Å². The Kier molecular flexibility index (Phi) is 6.40. The second-order valence-corrected chi connectivity index (χ2v) is 8.03. The molecule has 0 fully saturated rings. The zero-order chi connectivity index (χ0) is 22.7. The number of esters is 1. The average Bonchev–Trinajstić information content (AvgIpc) is 2.77. The van der Waals surface area contributed by atoms with E-state index in [-0.39, 0.29) is 0 Å². The minimum atomic E-state index is -0.630. The third kappa shape index (κ3) is 4.90. The van der Waals surface area contributed by atoms with Gasteiger partial charge in [0.25, 0.3) is 5.91 Å². The second kappa shape index (κ2) is 9.39. The monoisotopic (exact) mass is 464 g/mol. The van der Waals surface area contributed by atoms with E-state index in [4.69, 9.17) is 27.9 Å². The van der Waals surface area contributed by atoms with Crippen LogP contribution in [0.3, 0.4) is 0 Å². The highest BCUT2D eigenvalue weighted by atomic mass is 35.5. The number of benzene rings is 3. The van der Waals surface area contributed by atoms with Crippen LogP contribution in [-0.4, -0.2) is 23.5 Å². The lowest BCUT2D eigenvalue weighted by molar-refractivity contribution is -0.119. The summed E-state index contributed by atoms with van der Waals surface area (Å²) in [5.41, 5.74) is 3.68. The summed E-state index contributed by atoms with van der Waals surface area (Å²) in [4.78, 5) is 29.8. The summed E-state index contributed by atoms with van der Waals surface area (Å²) < 4.78 is 5.31. The number of hydrogen-bond acceptors (Lipinski definition) is 4. The third-order valence-corrected chi connectivity index (χ3v) is 5.33. The summed E-state index contributed by atoms with van der Waals surface area (Å²) in [6.45, 7) is 1.51. The lowest BCUT2D eigenvalue weighted by atomic mass is 10.0. The SMILES string of the molecule is Cc1cccc(NC(=O)COC(=O)c2cc(-c3ccc(Cl)cc3Cl)nc3ccccc23)c1. The Balaban J connectivity index is 1.59. The van der Waals surface area contributed by atoms with E-state index in [1.165, 1.54) is 0 Å². The third-order valence-electron chi connectivity index (χ3n) is 4.78. The molecule has 0 spiro atoms. The number of rotatable bonds is 5. The minimum absolute atomic E-state index is 0.292. The Labute approximate surface area is 194 Å². The molecule has 32 heavy (non-hydrogen) atoms. The van der Waals surface area contributed by atoms with E-state index >= 15 is 0 Å². The van der Waals surface area contributed by atoms with Crippen LogP contribution in [0.4, 0.5) is 5.69 Å². The smallest absolute Gasteiger partial charge is 0.339 e. The van der Waals surface area contributed by atoms with Gasteiger partial charge < -0.3 is 10.1 Å². The van der Waals surface area contributed by atoms with Crippen molar-refractivity contribution in [2.75, 3.05) is 11.9 Å². The van der Waals surface area contributed by atoms with Gasteiger partial charge in [0.05, 0.1) is 21.8 Å². The van der Waals surface area contributed by atoms with Gasteiger partial charge >= 0.3 is 5.97 Å². The molecule has 0 aliphatic heterocycles. The molecule has 0 atom stereocenters. The van der Waals surface area contributed by atoms with Gasteiger partial charge in [0.1, 0.15) is 0 Å². The summed E-state index contributed by atoms with van der Waals surface area (Å²) >= 11 is 12.3. The Bertz CT molecular complexity index is 1340. The van der Waals surface area contributed by atoms with Crippen molar-refractivity contribution in [3.8, 4) is 11.3 Å². The number of carbonyl (C=O) groups is 2. The fourth-order valence-electron chi connectivity index (χ4n) is 3.31. The maximum absolute atomic E-state index is 12.9. The number of para-hydroxylation sites is 1. The summed E-state index contributed by atoms with van der Waals surface area (Å²) in [6, 6.07) is 21.2. The van der Waals surface area contributed by atoms with Gasteiger partial charge in [-0.25, -0.2) is 9.78 Å². The van der Waals surface area contributed by atoms with Crippen molar-refractivity contribution in [3.63, 3.8) is 0 Å². The number of aromatic nitrogens is 1. The molecule has 0 bridgehead atoms. The predicted octanol–water partition coefficient (Wildman–Crippen LogP) is 6.31. The average molecular weight is 465 g/mol. The lowest BCUT2D eigenvalue weighted by Crippen LogP contribution is -2.21. The first-order valence-electron chi connectivity index (χ1n) is 9.79. The first kappa shape index (κ1) is 21.8. The summed E-state index contributed by atoms with van der Waals surface area (Å²) in [5.74, 6) is -1.06. The highest BCUT2D eigenvalue weighted by molar-refractivity contribution is 6.36. The Morgan fingerprint density at radius 2 is 1.78 bits per heavy atom. The Morgan fingerprint density at radius 3 is 2.56 bits per heavy atom. The molecule has 1 aromatic heterocycles. The van der Waals surface area contributed by atoms with Crippen LogP contribution in [-0.2, 0) is 9.53 Å². The first-order chi connectivity index (χ1) is 15.4. The maximum Gasteiger partial charge on any atom is 0.339 e. The molecule has 1 N–H and O–H groups in total. The minimum Gasteiger partial charge on any atom is -0.452 e. The van der Waals surface area contributed by atoms with E-state index in [1.807, 2.05) is 31.2 Å². The van der Waals surface area contributed by atoms with Crippen LogP contribution in [0.2, 0.25) is 10.0 Å². The number of hydrogen-bond donors (Lipinski definition) is 1. The molecular weight excluding hydrogens is 447 g/mol. The van der Waals surface area contributed by atoms with Gasteiger partial charge in [0, 0.05) is 21.7 Å². The van der Waals surface area contributed by atoms with Gasteiger partial charge in [0.2, 0.25) is 0 Å². The number of halogens is 2. The van der Waals surface area contributed by atoms with E-state index in [0.29, 0.717) is 43.5 Å². The molecule has 0 saturated carbocycles. The van der Waals surface area contributed by atoms with Gasteiger partial charge in [-0.1, -0.05) is 53.5 Å². The molecule has 3 aromatic carbocycles. The van der Waals surface area contributed by atoms with Crippen molar-refractivity contribution in [1.29, 1.82) is 0 Å². The summed E-state index contributed by atoms with van der Waals surface area (Å²) in [7, 11) is 0. The van der Waals surface area contributed by atoms with Crippen molar-refractivity contribution in [2.24, 2.45) is 0 Å². The number of pyridine rings is 1. The van der Waals surface area contributed by atoms with Crippen LogP contribution < -0.4 is 5.32 Å². The zero-order valence-electron chi connectivity index (χ0n) is 17.1. The zero-order valence-corrected chi connectivity index (χ0v) is 18.6. The van der Waals surface area contributed by atoms with Gasteiger partial charge in [0.15, 0.2) is 6.61 Å². The van der Waals surface area contributed by atoms with E-state index in [1.54, 1.807) is 48.5 Å². The van der Waals surface area contributed by atoms with Crippen LogP contribution in [0.5, 0.6) is 0 Å². The van der Waals surface area contributed by atoms with Crippen LogP contribution in [0.25, 0.3) is 22.2 Å². The quantitative estimate of drug-likeness (QED) is 0.351. The second-order valence-electron chi connectivity index (χ2n) is 7.19. The fraction of sp³-hybridized carbons (Fsp3) is 0.0800. The molecule has 0 unspecified atom stereocenters. The predicted molar refractivity (Wildman–Crippen MR) is 127 cm³/mol. The molecule has 4 aromatic rings. The number of anilines is 1. The number of fused-ring (bicyclic) bond motifs is 1. The normalized spacial score (nSPS) is 10.7. The molecule has 0 aliphatic carbocycles. The van der Waals surface area contributed by atoms with Gasteiger partial charge in [-0.2, -0.15) is 0 Å². The molecule has 1 heterocycles. The van der Waals surface area contributed by atoms with E-state index in [0.717, 1.165) is 5.56 Å². The van der Waals surface area contributed by atoms with E-state index in [9.17, 15) is 9.59 Å². The first-order valence-corrected chi connectivity index (χ1v) is 10.5. The molecule has 7 heteroatoms. The van der Waals surface area contributed by atoms with Crippen molar-refractivity contribution in [3.05, 3.63) is 94.0 Å². The van der Waals surface area contributed by atoms with Gasteiger partial charge in [-0.15, -0.1) is 0 Å². The molecule has 0 saturated heterocycles. The largest absolute Gasteiger partial charge is 0.452 e. The maximum atomic E-state index is 12.9. The fourth-order valence-corrected chi connectivity index (χ4v) is 3.81. The van der Waals surface area contributed by atoms with Crippen LogP contribution in [0.15, 0.2) is 72.8 Å². The van der Waals surface area contributed by atoms with E-state index < -0.39 is 18.5 Å². The molecule has 0 aliphatic rings. The molecular formula is C25H18Cl2N2O3. The van der Waals surface area contributed by atoms with E-state index in [2.05, 4.69) is 10.3 Å². The number of carbonyl (C=O) groups excluding carboxylic acids is 2. The highest BCUT2D eigenvalue weighted by Crippen LogP contribution is 2.32. The van der Waals surface area contributed by atoms with Crippen molar-refractivity contribution in [2.45, 2.75) is 6.92 Å². The van der Waals surface area contributed by atoms with Gasteiger partial charge in [-0.3, -0.25) is 4.79 Å². The summed E-state index contributed by atoms with van der Waals surface area (Å²) in [5, 5.41) is 4.25. The van der Waals surface area contributed by atoms with Gasteiger partial charge in [-0.05, 0) is 55.0 Å². The Hall–Kier alpha value is -3.41. The Morgan fingerprint density at radius 1 is 0.969 bits per heavy atom. The number of aryl methyl sites for hydroxylation is 1. The molecule has 0 radical (unpaired) electrons. The topological polar surface area (TPSA) is 68.3 Å². The highest BCUT2D eigenvalue weighted by Gasteiger charge is 2.17. The van der Waals surface area contributed by atoms with Crippen molar-refractivity contribution < 1.29 is 14.3 Å². The molecule has 160 valence electrons. The molecule has 5 nitrogen and oxygen atoms in total. The van der Waals surface area contributed by atoms with Crippen LogP contribution >= 0.6 is 23.2 Å². The summed E-state index contributed by atoms with van der Waals surface area (Å²) in [6.07, 6.45) is 0. The van der Waals surface area contributed by atoms with Crippen molar-refractivity contribution in [1.82, 2.24) is 4.98 Å².